The minimum Gasteiger partial charge on any atom is -0.476 e. The molecule has 37 heavy (non-hydrogen) atoms. The minimum absolute atomic E-state index is 0.0996. The summed E-state index contributed by atoms with van der Waals surface area (Å²) in [5.74, 6) is -1.87. The van der Waals surface area contributed by atoms with Gasteiger partial charge in [-0.2, -0.15) is 0 Å². The fourth-order valence-electron chi connectivity index (χ4n) is 3.85. The number of hydrogen-bond donors (Lipinski definition) is 2. The number of carbonyl (C=O) groups excluding carboxylic acids is 3. The van der Waals surface area contributed by atoms with E-state index in [4.69, 9.17) is 16.3 Å². The molecule has 0 fully saturated rings. The number of carbonyl (C=O) groups is 3. The number of fused-ring (bicyclic) bond motifs is 1. The maximum absolute atomic E-state index is 15.0. The van der Waals surface area contributed by atoms with Crippen molar-refractivity contribution in [1.29, 1.82) is 0 Å². The van der Waals surface area contributed by atoms with E-state index in [1.54, 1.807) is 16.9 Å². The lowest BCUT2D eigenvalue weighted by Crippen LogP contribution is -2.43. The van der Waals surface area contributed by atoms with E-state index in [1.165, 1.54) is 24.3 Å². The van der Waals surface area contributed by atoms with Crippen LogP contribution in [0.1, 0.15) is 21.5 Å². The summed E-state index contributed by atoms with van der Waals surface area (Å²) in [6, 6.07) is 9.57. The van der Waals surface area contributed by atoms with Gasteiger partial charge in [0.15, 0.2) is 0 Å². The Morgan fingerprint density at radius 3 is 2.62 bits per heavy atom. The van der Waals surface area contributed by atoms with Crippen molar-refractivity contribution in [3.05, 3.63) is 75.4 Å². The molecule has 190 valence electrons. The van der Waals surface area contributed by atoms with E-state index in [2.05, 4.69) is 10.3 Å². The van der Waals surface area contributed by atoms with Crippen LogP contribution in [0.3, 0.4) is 0 Å². The van der Waals surface area contributed by atoms with Gasteiger partial charge in [0.05, 0.1) is 23.0 Å². The normalized spacial score (nSPS) is 15.2. The topological polar surface area (TPSA) is 134 Å². The molecule has 2 aliphatic rings. The van der Waals surface area contributed by atoms with Gasteiger partial charge in [-0.05, 0) is 54.1 Å². The second kappa shape index (κ2) is 9.57. The summed E-state index contributed by atoms with van der Waals surface area (Å²) < 4.78 is 46.8. The van der Waals surface area contributed by atoms with Crippen molar-refractivity contribution in [3.63, 3.8) is 0 Å². The van der Waals surface area contributed by atoms with Crippen LogP contribution in [0.25, 0.3) is 0 Å². The maximum Gasteiger partial charge on any atom is 0.333 e. The Morgan fingerprint density at radius 1 is 1.14 bits per heavy atom. The first kappa shape index (κ1) is 24.9. The quantitative estimate of drug-likeness (QED) is 0.457. The van der Waals surface area contributed by atoms with Crippen LogP contribution >= 0.6 is 22.9 Å². The van der Waals surface area contributed by atoms with Crippen molar-refractivity contribution in [1.82, 2.24) is 4.72 Å². The van der Waals surface area contributed by atoms with Gasteiger partial charge in [-0.1, -0.05) is 11.6 Å². The lowest BCUT2D eigenvalue weighted by Gasteiger charge is -2.27. The lowest BCUT2D eigenvalue weighted by molar-refractivity contribution is -0.117. The lowest BCUT2D eigenvalue weighted by atomic mass is 9.95. The zero-order valence-electron chi connectivity index (χ0n) is 18.7. The molecule has 0 saturated heterocycles. The highest BCUT2D eigenvalue weighted by atomic mass is 35.5. The zero-order valence-corrected chi connectivity index (χ0v) is 21.0. The highest BCUT2D eigenvalue weighted by Crippen LogP contribution is 2.30. The van der Waals surface area contributed by atoms with Crippen molar-refractivity contribution in [2.24, 2.45) is 4.99 Å². The molecule has 0 aliphatic carbocycles. The van der Waals surface area contributed by atoms with Crippen LogP contribution in [0.2, 0.25) is 4.34 Å². The molecule has 14 heteroatoms. The van der Waals surface area contributed by atoms with Crippen LogP contribution in [0.5, 0.6) is 0 Å². The molecule has 2 aliphatic heterocycles. The third-order valence-corrected chi connectivity index (χ3v) is 8.50. The first-order valence-electron chi connectivity index (χ1n) is 10.7. The molecular weight excluding hydrogens is 547 g/mol. The van der Waals surface area contributed by atoms with Gasteiger partial charge in [-0.15, -0.1) is 11.3 Å². The molecule has 5 rings (SSSR count). The molecule has 0 unspecified atom stereocenters. The van der Waals surface area contributed by atoms with Gasteiger partial charge in [0.25, 0.3) is 15.9 Å². The number of nitrogens with one attached hydrogen (secondary N) is 2. The van der Waals surface area contributed by atoms with Crippen molar-refractivity contribution in [3.8, 4) is 0 Å². The Hall–Kier alpha value is -3.81. The molecule has 0 bridgehead atoms. The number of hydrogen-bond acceptors (Lipinski definition) is 8. The molecule has 2 aromatic carbocycles. The number of rotatable bonds is 5. The molecule has 10 nitrogen and oxygen atoms in total. The van der Waals surface area contributed by atoms with Crippen LogP contribution in [0.15, 0.2) is 57.7 Å². The molecule has 1 aromatic heterocycles. The van der Waals surface area contributed by atoms with E-state index >= 15 is 4.39 Å². The van der Waals surface area contributed by atoms with Crippen molar-refractivity contribution < 1.29 is 31.9 Å². The van der Waals surface area contributed by atoms with Crippen LogP contribution in [-0.2, 0) is 26.0 Å². The number of thiophene rings is 1. The summed E-state index contributed by atoms with van der Waals surface area (Å²) in [7, 11) is -4.18. The van der Waals surface area contributed by atoms with E-state index in [-0.39, 0.29) is 31.9 Å². The Balaban J connectivity index is 1.33. The maximum atomic E-state index is 15.0. The van der Waals surface area contributed by atoms with Crippen molar-refractivity contribution in [2.45, 2.75) is 10.6 Å². The first-order valence-corrected chi connectivity index (χ1v) is 13.4. The van der Waals surface area contributed by atoms with Gasteiger partial charge in [0.2, 0.25) is 11.8 Å². The van der Waals surface area contributed by atoms with Gasteiger partial charge < -0.3 is 10.1 Å². The molecule has 3 aromatic rings. The van der Waals surface area contributed by atoms with Gasteiger partial charge in [-0.3, -0.25) is 9.59 Å². The number of nitrogens with zero attached hydrogens (tertiary/aromatic N) is 2. The number of ether oxygens (including phenoxy) is 1. The smallest absolute Gasteiger partial charge is 0.333 e. The predicted molar refractivity (Wildman–Crippen MR) is 134 cm³/mol. The molecule has 3 heterocycles. The number of anilines is 2. The first-order chi connectivity index (χ1) is 17.6. The Labute approximate surface area is 218 Å². The van der Waals surface area contributed by atoms with E-state index in [1.807, 2.05) is 0 Å². The number of sulfonamides is 1. The van der Waals surface area contributed by atoms with Gasteiger partial charge in [0.1, 0.15) is 16.6 Å². The number of amides is 4. The van der Waals surface area contributed by atoms with E-state index in [0.717, 1.165) is 28.4 Å². The van der Waals surface area contributed by atoms with Crippen molar-refractivity contribution >= 4 is 68.1 Å². The number of benzene rings is 2. The second-order valence-electron chi connectivity index (χ2n) is 7.90. The molecule has 4 amide bonds. The Kier molecular flexibility index (Phi) is 6.43. The highest BCUT2D eigenvalue weighted by Gasteiger charge is 2.34. The van der Waals surface area contributed by atoms with Gasteiger partial charge in [-0.25, -0.2) is 32.2 Å². The fourth-order valence-corrected chi connectivity index (χ4v) is 6.24. The van der Waals surface area contributed by atoms with Crippen LogP contribution in [0, 0.1) is 5.82 Å². The highest BCUT2D eigenvalue weighted by molar-refractivity contribution is 7.92. The molecule has 0 radical (unpaired) electrons. The summed E-state index contributed by atoms with van der Waals surface area (Å²) >= 11 is 6.49. The molecule has 2 N–H and O–H groups in total. The third kappa shape index (κ3) is 4.92. The van der Waals surface area contributed by atoms with Crippen molar-refractivity contribution in [2.75, 3.05) is 23.4 Å². The SMILES string of the molecule is O=C(Nc1ccc(N2C(=O)Cc3cc(C4=NCCO4)ccc3C2=O)c(F)c1)NS(=O)(=O)c1ccc(Cl)s1. The van der Waals surface area contributed by atoms with Gasteiger partial charge >= 0.3 is 6.03 Å². The largest absolute Gasteiger partial charge is 0.476 e. The zero-order chi connectivity index (χ0) is 26.3. The number of urea groups is 1. The Morgan fingerprint density at radius 2 is 1.95 bits per heavy atom. The molecule has 0 atom stereocenters. The van der Waals surface area contributed by atoms with Crippen LogP contribution in [-0.4, -0.2) is 45.3 Å². The van der Waals surface area contributed by atoms with E-state index in [9.17, 15) is 22.8 Å². The predicted octanol–water partition coefficient (Wildman–Crippen LogP) is 3.56. The molecule has 0 spiro atoms. The monoisotopic (exact) mass is 562 g/mol. The average molecular weight is 563 g/mol. The number of aliphatic imine (C=N–C) groups is 1. The number of imide groups is 1. The van der Waals surface area contributed by atoms with Crippen LogP contribution in [0.4, 0.5) is 20.6 Å². The summed E-state index contributed by atoms with van der Waals surface area (Å²) in [5.41, 5.74) is 0.958. The fraction of sp³-hybridized carbons (Fsp3) is 0.130. The summed E-state index contributed by atoms with van der Waals surface area (Å²) in [4.78, 5) is 43.1. The summed E-state index contributed by atoms with van der Waals surface area (Å²) in [6.45, 7) is 0.992. The summed E-state index contributed by atoms with van der Waals surface area (Å²) in [5, 5.41) is 2.21. The molecule has 0 saturated carbocycles. The average Bonchev–Trinajstić information content (AvgIpc) is 3.52. The van der Waals surface area contributed by atoms with E-state index < -0.39 is 33.7 Å². The summed E-state index contributed by atoms with van der Waals surface area (Å²) in [6.07, 6.45) is -0.144. The van der Waals surface area contributed by atoms with Crippen LogP contribution < -0.4 is 14.9 Å². The van der Waals surface area contributed by atoms with E-state index in [0.29, 0.717) is 30.2 Å². The number of halogens is 2. The van der Waals surface area contributed by atoms with Gasteiger partial charge in [0, 0.05) is 16.8 Å². The third-order valence-electron chi connectivity index (χ3n) is 5.45. The standard InChI is InChI=1S/C23H16ClFN4O6S2/c24-18-5-6-20(36-18)37(33,34)28-23(32)27-14-2-4-17(16(25)11-14)29-19(30)10-13-9-12(21-26-7-8-35-21)1-3-15(13)22(29)31/h1-6,9,11H,7-8,10H2,(H2,27,28,32). The Bertz CT molecular complexity index is 1600. The second-order valence-corrected chi connectivity index (χ2v) is 11.5. The minimum atomic E-state index is -4.18. The molecular formula is C23H16ClFN4O6S2.